The van der Waals surface area contributed by atoms with Crippen LogP contribution < -0.4 is 10.6 Å². The molecule has 1 unspecified atom stereocenters. The maximum absolute atomic E-state index is 12.5. The Hall–Kier alpha value is -2.37. The number of hydrogen-bond acceptors (Lipinski definition) is 4. The summed E-state index contributed by atoms with van der Waals surface area (Å²) in [7, 11) is 3.67. The molecule has 0 saturated heterocycles. The van der Waals surface area contributed by atoms with Gasteiger partial charge in [0.15, 0.2) is 0 Å². The van der Waals surface area contributed by atoms with E-state index in [9.17, 15) is 4.79 Å². The fraction of sp³-hybridized carbons (Fsp3) is 0.400. The summed E-state index contributed by atoms with van der Waals surface area (Å²) < 4.78 is 1.92. The summed E-state index contributed by atoms with van der Waals surface area (Å²) >= 11 is 0. The number of carbonyl (C=O) groups excluding carboxylic acids is 1. The van der Waals surface area contributed by atoms with Gasteiger partial charge in [-0.1, -0.05) is 13.8 Å². The van der Waals surface area contributed by atoms with Crippen molar-refractivity contribution in [2.24, 2.45) is 13.0 Å². The normalized spacial score (nSPS) is 12.2. The molecule has 1 atom stereocenters. The van der Waals surface area contributed by atoms with Gasteiger partial charge in [-0.3, -0.25) is 4.79 Å². The highest BCUT2D eigenvalue weighted by atomic mass is 16.1. The molecule has 112 valence electrons. The molecule has 0 fully saturated rings. The molecule has 2 heterocycles. The molecule has 2 aromatic rings. The van der Waals surface area contributed by atoms with Crippen LogP contribution in [0.25, 0.3) is 0 Å². The molecule has 2 rings (SSSR count). The second-order valence-corrected chi connectivity index (χ2v) is 5.24. The summed E-state index contributed by atoms with van der Waals surface area (Å²) in [6, 6.07) is 3.35. The lowest BCUT2D eigenvalue weighted by Gasteiger charge is -2.22. The monoisotopic (exact) mass is 287 g/mol. The van der Waals surface area contributed by atoms with Crippen LogP contribution in [-0.4, -0.2) is 27.5 Å². The first-order valence-corrected chi connectivity index (χ1v) is 6.95. The molecule has 0 bridgehead atoms. The van der Waals surface area contributed by atoms with Crippen LogP contribution in [0.1, 0.15) is 36.1 Å². The number of rotatable bonds is 5. The van der Waals surface area contributed by atoms with E-state index >= 15 is 0 Å². The van der Waals surface area contributed by atoms with E-state index in [2.05, 4.69) is 34.4 Å². The van der Waals surface area contributed by atoms with E-state index in [1.165, 1.54) is 0 Å². The Balaban J connectivity index is 2.25. The van der Waals surface area contributed by atoms with E-state index < -0.39 is 0 Å². The lowest BCUT2D eigenvalue weighted by atomic mass is 10.0. The molecule has 2 aromatic heterocycles. The Morgan fingerprint density at radius 3 is 2.62 bits per heavy atom. The lowest BCUT2D eigenvalue weighted by Crippen LogP contribution is -2.34. The molecule has 0 saturated carbocycles. The van der Waals surface area contributed by atoms with E-state index in [1.807, 2.05) is 17.8 Å². The largest absolute Gasteiger partial charge is 0.372 e. The molecule has 0 aliphatic heterocycles. The van der Waals surface area contributed by atoms with Crippen LogP contribution in [0.15, 0.2) is 30.7 Å². The average molecular weight is 287 g/mol. The molecule has 2 N–H and O–H groups in total. The van der Waals surface area contributed by atoms with E-state index in [0.29, 0.717) is 11.4 Å². The summed E-state index contributed by atoms with van der Waals surface area (Å²) in [5.41, 5.74) is 0.528. The van der Waals surface area contributed by atoms with Crippen LogP contribution in [-0.2, 0) is 7.05 Å². The molecule has 0 radical (unpaired) electrons. The maximum atomic E-state index is 12.5. The molecule has 6 heteroatoms. The highest BCUT2D eigenvalue weighted by molar-refractivity contribution is 5.98. The number of carbonyl (C=O) groups is 1. The van der Waals surface area contributed by atoms with Gasteiger partial charge in [-0.25, -0.2) is 9.97 Å². The predicted octanol–water partition coefficient (Wildman–Crippen LogP) is 1.98. The first-order chi connectivity index (χ1) is 10.0. The highest BCUT2D eigenvalue weighted by Gasteiger charge is 2.23. The van der Waals surface area contributed by atoms with Gasteiger partial charge in [-0.05, 0) is 18.1 Å². The van der Waals surface area contributed by atoms with Gasteiger partial charge in [0, 0.05) is 32.7 Å². The molecule has 0 aliphatic carbocycles. The smallest absolute Gasteiger partial charge is 0.255 e. The minimum Gasteiger partial charge on any atom is -0.372 e. The summed E-state index contributed by atoms with van der Waals surface area (Å²) in [6.45, 7) is 4.11. The van der Waals surface area contributed by atoms with Crippen molar-refractivity contribution < 1.29 is 4.79 Å². The zero-order valence-corrected chi connectivity index (χ0v) is 12.8. The number of nitrogens with one attached hydrogen (secondary N) is 2. The third-order valence-electron chi connectivity index (χ3n) is 3.38. The molecule has 1 amide bonds. The SMILES string of the molecule is CNc1ncccc1C(=O)NC(c1nccn1C)C(C)C. The number of nitrogens with zero attached hydrogens (tertiary/aromatic N) is 3. The predicted molar refractivity (Wildman–Crippen MR) is 82.0 cm³/mol. The molecule has 6 nitrogen and oxygen atoms in total. The fourth-order valence-corrected chi connectivity index (χ4v) is 2.21. The molecule has 0 spiro atoms. The van der Waals surface area contributed by atoms with E-state index in [-0.39, 0.29) is 17.9 Å². The minimum atomic E-state index is -0.158. The Kier molecular flexibility index (Phi) is 4.57. The van der Waals surface area contributed by atoms with Crippen molar-refractivity contribution in [1.82, 2.24) is 19.9 Å². The minimum absolute atomic E-state index is 0.151. The number of pyridine rings is 1. The van der Waals surface area contributed by atoms with Crippen molar-refractivity contribution in [3.05, 3.63) is 42.1 Å². The van der Waals surface area contributed by atoms with Gasteiger partial charge >= 0.3 is 0 Å². The Morgan fingerprint density at radius 2 is 2.05 bits per heavy atom. The second-order valence-electron chi connectivity index (χ2n) is 5.24. The van der Waals surface area contributed by atoms with Gasteiger partial charge in [0.2, 0.25) is 0 Å². The van der Waals surface area contributed by atoms with Crippen molar-refractivity contribution in [2.75, 3.05) is 12.4 Å². The van der Waals surface area contributed by atoms with Crippen LogP contribution in [0.2, 0.25) is 0 Å². The van der Waals surface area contributed by atoms with Gasteiger partial charge in [0.05, 0.1) is 11.6 Å². The third-order valence-corrected chi connectivity index (χ3v) is 3.38. The fourth-order valence-electron chi connectivity index (χ4n) is 2.21. The molecule has 0 aliphatic rings. The number of aromatic nitrogens is 3. The van der Waals surface area contributed by atoms with Crippen molar-refractivity contribution in [3.8, 4) is 0 Å². The quantitative estimate of drug-likeness (QED) is 0.882. The summed E-state index contributed by atoms with van der Waals surface area (Å²) in [5.74, 6) is 1.48. The van der Waals surface area contributed by atoms with Crippen LogP contribution in [0.5, 0.6) is 0 Å². The van der Waals surface area contributed by atoms with Crippen LogP contribution in [0.4, 0.5) is 5.82 Å². The molecular weight excluding hydrogens is 266 g/mol. The summed E-state index contributed by atoms with van der Waals surface area (Å²) in [6.07, 6.45) is 5.27. The Labute approximate surface area is 124 Å². The van der Waals surface area contributed by atoms with Crippen molar-refractivity contribution in [2.45, 2.75) is 19.9 Å². The third kappa shape index (κ3) is 3.21. The molecular formula is C15H21N5O. The van der Waals surface area contributed by atoms with E-state index in [4.69, 9.17) is 0 Å². The summed E-state index contributed by atoms with van der Waals surface area (Å²) in [4.78, 5) is 21.0. The van der Waals surface area contributed by atoms with Crippen molar-refractivity contribution in [1.29, 1.82) is 0 Å². The van der Waals surface area contributed by atoms with Gasteiger partial charge in [-0.2, -0.15) is 0 Å². The van der Waals surface area contributed by atoms with Gasteiger partial charge in [-0.15, -0.1) is 0 Å². The van der Waals surface area contributed by atoms with Gasteiger partial charge < -0.3 is 15.2 Å². The second kappa shape index (κ2) is 6.39. The number of anilines is 1. The van der Waals surface area contributed by atoms with Gasteiger partial charge in [0.1, 0.15) is 11.6 Å². The van der Waals surface area contributed by atoms with E-state index in [0.717, 1.165) is 5.82 Å². The Morgan fingerprint density at radius 1 is 1.29 bits per heavy atom. The summed E-state index contributed by atoms with van der Waals surface area (Å²) in [5, 5.41) is 5.98. The zero-order valence-electron chi connectivity index (χ0n) is 12.8. The van der Waals surface area contributed by atoms with Crippen molar-refractivity contribution >= 4 is 11.7 Å². The van der Waals surface area contributed by atoms with E-state index in [1.54, 1.807) is 31.6 Å². The van der Waals surface area contributed by atoms with Gasteiger partial charge in [0.25, 0.3) is 5.91 Å². The highest BCUT2D eigenvalue weighted by Crippen LogP contribution is 2.21. The zero-order chi connectivity index (χ0) is 15.4. The van der Waals surface area contributed by atoms with Crippen molar-refractivity contribution in [3.63, 3.8) is 0 Å². The number of amides is 1. The molecule has 0 aromatic carbocycles. The average Bonchev–Trinajstić information content (AvgIpc) is 2.90. The molecule has 21 heavy (non-hydrogen) atoms. The Bertz CT molecular complexity index is 620. The van der Waals surface area contributed by atoms with Crippen LogP contribution >= 0.6 is 0 Å². The standard InChI is InChI=1S/C15H21N5O/c1-10(2)12(14-18-8-9-20(14)4)19-15(21)11-6-5-7-17-13(11)16-3/h5-10,12H,1-4H3,(H,16,17)(H,19,21). The lowest BCUT2D eigenvalue weighted by molar-refractivity contribution is 0.0923. The number of aryl methyl sites for hydroxylation is 1. The number of hydrogen-bond donors (Lipinski definition) is 2. The number of imidazole rings is 1. The van der Waals surface area contributed by atoms with Crippen LogP contribution in [0.3, 0.4) is 0 Å². The first kappa shape index (κ1) is 15.0. The maximum Gasteiger partial charge on any atom is 0.255 e. The van der Waals surface area contributed by atoms with Crippen LogP contribution in [0, 0.1) is 5.92 Å². The topological polar surface area (TPSA) is 71.8 Å². The first-order valence-electron chi connectivity index (χ1n) is 6.95.